The molecule has 0 fully saturated rings. The Balaban J connectivity index is 1.63. The highest BCUT2D eigenvalue weighted by Crippen LogP contribution is 2.29. The molecule has 0 radical (unpaired) electrons. The molecular formula is C25H26FN5O2S. The lowest BCUT2D eigenvalue weighted by atomic mass is 10.2. The molecule has 4 rings (SSSR count). The highest BCUT2D eigenvalue weighted by molar-refractivity contribution is 7.99. The molecule has 0 saturated heterocycles. The third-order valence-electron chi connectivity index (χ3n) is 5.62. The molecule has 1 aromatic carbocycles. The second kappa shape index (κ2) is 10.3. The van der Waals surface area contributed by atoms with Crippen LogP contribution < -0.4 is 0 Å². The Labute approximate surface area is 202 Å². The van der Waals surface area contributed by atoms with E-state index in [0.717, 1.165) is 17.0 Å². The van der Waals surface area contributed by atoms with Gasteiger partial charge in [0.2, 0.25) is 0 Å². The minimum atomic E-state index is -0.329. The van der Waals surface area contributed by atoms with Gasteiger partial charge in [-0.05, 0) is 63.2 Å². The lowest BCUT2D eigenvalue weighted by Crippen LogP contribution is -2.14. The number of thioether (sulfide) groups is 1. The van der Waals surface area contributed by atoms with Crippen molar-refractivity contribution in [3.8, 4) is 17.1 Å². The van der Waals surface area contributed by atoms with E-state index in [0.29, 0.717) is 28.8 Å². The van der Waals surface area contributed by atoms with Gasteiger partial charge in [0.25, 0.3) is 0 Å². The zero-order chi connectivity index (χ0) is 24.2. The van der Waals surface area contributed by atoms with E-state index >= 15 is 0 Å². The van der Waals surface area contributed by atoms with Crippen LogP contribution in [0.1, 0.15) is 34.7 Å². The number of methoxy groups -OCH3 is 1. The van der Waals surface area contributed by atoms with Crippen LogP contribution in [0.4, 0.5) is 4.39 Å². The first-order valence-corrected chi connectivity index (χ1v) is 11.8. The Bertz CT molecular complexity index is 1280. The van der Waals surface area contributed by atoms with Crippen LogP contribution in [0, 0.1) is 19.7 Å². The third kappa shape index (κ3) is 4.80. The van der Waals surface area contributed by atoms with Gasteiger partial charge in [0.1, 0.15) is 5.82 Å². The summed E-state index contributed by atoms with van der Waals surface area (Å²) in [7, 11) is 1.67. The topological polar surface area (TPSA) is 74.8 Å². The minimum absolute atomic E-state index is 0.00749. The molecule has 0 aliphatic carbocycles. The van der Waals surface area contributed by atoms with Gasteiger partial charge in [-0.15, -0.1) is 10.2 Å². The number of carbonyl (C=O) groups excluding carboxylic acids is 1. The number of nitrogens with zero attached hydrogens (tertiary/aromatic N) is 5. The van der Waals surface area contributed by atoms with Crippen LogP contribution >= 0.6 is 11.8 Å². The summed E-state index contributed by atoms with van der Waals surface area (Å²) in [5, 5.41) is 9.25. The van der Waals surface area contributed by atoms with E-state index in [-0.39, 0.29) is 23.4 Å². The van der Waals surface area contributed by atoms with Crippen molar-refractivity contribution in [2.45, 2.75) is 32.0 Å². The Morgan fingerprint density at radius 3 is 2.50 bits per heavy atom. The summed E-state index contributed by atoms with van der Waals surface area (Å²) >= 11 is 1.30. The van der Waals surface area contributed by atoms with Gasteiger partial charge >= 0.3 is 0 Å². The van der Waals surface area contributed by atoms with Crippen LogP contribution in [0.15, 0.2) is 60.0 Å². The predicted molar refractivity (Wildman–Crippen MR) is 130 cm³/mol. The fourth-order valence-corrected chi connectivity index (χ4v) is 4.97. The van der Waals surface area contributed by atoms with E-state index < -0.39 is 0 Å². The molecule has 0 aliphatic heterocycles. The van der Waals surface area contributed by atoms with Crippen LogP contribution in [-0.4, -0.2) is 49.6 Å². The van der Waals surface area contributed by atoms with Gasteiger partial charge in [-0.1, -0.05) is 11.8 Å². The van der Waals surface area contributed by atoms with Gasteiger partial charge in [-0.25, -0.2) is 4.39 Å². The van der Waals surface area contributed by atoms with Crippen molar-refractivity contribution >= 4 is 17.5 Å². The van der Waals surface area contributed by atoms with Crippen molar-refractivity contribution in [1.29, 1.82) is 0 Å². The van der Waals surface area contributed by atoms with Crippen LogP contribution in [0.2, 0.25) is 0 Å². The van der Waals surface area contributed by atoms with E-state index in [1.165, 1.54) is 23.9 Å². The average Bonchev–Trinajstić information content (AvgIpc) is 3.39. The molecule has 9 heteroatoms. The summed E-state index contributed by atoms with van der Waals surface area (Å²) in [6.45, 7) is 6.59. The highest BCUT2D eigenvalue weighted by atomic mass is 32.2. The molecule has 0 aliphatic rings. The summed E-state index contributed by atoms with van der Waals surface area (Å²) in [6.07, 6.45) is 3.35. The molecule has 0 bridgehead atoms. The normalized spacial score (nSPS) is 12.1. The maximum atomic E-state index is 13.6. The molecule has 0 amide bonds. The molecule has 176 valence electrons. The summed E-state index contributed by atoms with van der Waals surface area (Å²) in [6, 6.07) is 11.8. The van der Waals surface area contributed by atoms with Gasteiger partial charge < -0.3 is 9.30 Å². The van der Waals surface area contributed by atoms with E-state index in [9.17, 15) is 9.18 Å². The number of Topliss-reactive ketones (excluding diaryl/α,β-unsaturated/α-hetero) is 1. The fourth-order valence-electron chi connectivity index (χ4n) is 4.14. The van der Waals surface area contributed by atoms with Crippen LogP contribution in [0.5, 0.6) is 0 Å². The Kier molecular flexibility index (Phi) is 7.23. The average molecular weight is 480 g/mol. The van der Waals surface area contributed by atoms with E-state index in [1.807, 2.05) is 36.6 Å². The smallest absolute Gasteiger partial charge is 0.196 e. The number of rotatable bonds is 9. The molecule has 1 atom stereocenters. The largest absolute Gasteiger partial charge is 0.383 e. The number of ether oxygens (including phenoxy) is 1. The highest BCUT2D eigenvalue weighted by Gasteiger charge is 2.21. The van der Waals surface area contributed by atoms with Crippen molar-refractivity contribution in [2.24, 2.45) is 0 Å². The van der Waals surface area contributed by atoms with Crippen LogP contribution in [-0.2, 0) is 4.74 Å². The lowest BCUT2D eigenvalue weighted by molar-refractivity contribution is 0.102. The Morgan fingerprint density at radius 1 is 1.12 bits per heavy atom. The first-order chi connectivity index (χ1) is 16.4. The number of pyridine rings is 1. The van der Waals surface area contributed by atoms with Gasteiger partial charge in [0.15, 0.2) is 16.8 Å². The summed E-state index contributed by atoms with van der Waals surface area (Å²) in [4.78, 5) is 17.2. The quantitative estimate of drug-likeness (QED) is 0.247. The van der Waals surface area contributed by atoms with Crippen molar-refractivity contribution in [2.75, 3.05) is 19.5 Å². The van der Waals surface area contributed by atoms with Crippen molar-refractivity contribution in [3.63, 3.8) is 0 Å². The van der Waals surface area contributed by atoms with Gasteiger partial charge in [0, 0.05) is 47.7 Å². The number of aromatic nitrogens is 5. The van der Waals surface area contributed by atoms with Crippen molar-refractivity contribution in [3.05, 3.63) is 77.6 Å². The van der Waals surface area contributed by atoms with E-state index in [4.69, 9.17) is 4.74 Å². The Hall–Kier alpha value is -3.30. The third-order valence-corrected chi connectivity index (χ3v) is 6.55. The molecule has 0 spiro atoms. The molecule has 3 aromatic heterocycles. The maximum Gasteiger partial charge on any atom is 0.196 e. The van der Waals surface area contributed by atoms with Crippen LogP contribution in [0.3, 0.4) is 0 Å². The molecule has 0 saturated carbocycles. The zero-order valence-electron chi connectivity index (χ0n) is 19.5. The number of hydrogen-bond donors (Lipinski definition) is 0. The number of ketones is 1. The van der Waals surface area contributed by atoms with Crippen LogP contribution in [0.25, 0.3) is 17.1 Å². The molecule has 4 aromatic rings. The van der Waals surface area contributed by atoms with Gasteiger partial charge in [-0.2, -0.15) is 0 Å². The number of hydrogen-bond acceptors (Lipinski definition) is 6. The molecule has 3 heterocycles. The zero-order valence-corrected chi connectivity index (χ0v) is 20.3. The molecule has 0 N–H and O–H groups in total. The summed E-state index contributed by atoms with van der Waals surface area (Å²) in [5.74, 6) is 0.465. The van der Waals surface area contributed by atoms with Crippen molar-refractivity contribution < 1.29 is 13.9 Å². The lowest BCUT2D eigenvalue weighted by Gasteiger charge is -2.17. The standard InChI is InChI=1S/C25H26FN5O2S/c1-16-13-22(18(3)30(16)17(2)14-33-4)23(32)15-34-25-29-28-24(19-9-11-27-12-10-19)31(25)21-7-5-20(26)6-8-21/h5-13,17H,14-15H2,1-4H3. The predicted octanol–water partition coefficient (Wildman–Crippen LogP) is 5.07. The SMILES string of the molecule is COCC(C)n1c(C)cc(C(=O)CSc2nnc(-c3ccncc3)n2-c2ccc(F)cc2)c1C. The van der Waals surface area contributed by atoms with E-state index in [2.05, 4.69) is 26.7 Å². The number of aryl methyl sites for hydroxylation is 1. The first kappa shape index (κ1) is 23.8. The second-order valence-corrected chi connectivity index (χ2v) is 8.97. The van der Waals surface area contributed by atoms with Gasteiger partial charge in [0.05, 0.1) is 18.4 Å². The van der Waals surface area contributed by atoms with E-state index in [1.54, 1.807) is 31.6 Å². The fraction of sp³-hybridized carbons (Fsp3) is 0.280. The Morgan fingerprint density at radius 2 is 1.82 bits per heavy atom. The molecular weight excluding hydrogens is 453 g/mol. The van der Waals surface area contributed by atoms with Crippen molar-refractivity contribution in [1.82, 2.24) is 24.3 Å². The summed E-state index contributed by atoms with van der Waals surface area (Å²) < 4.78 is 22.8. The summed E-state index contributed by atoms with van der Waals surface area (Å²) in [5.41, 5.74) is 4.16. The number of benzene rings is 1. The monoisotopic (exact) mass is 479 g/mol. The molecule has 7 nitrogen and oxygen atoms in total. The number of carbonyl (C=O) groups is 1. The molecule has 34 heavy (non-hydrogen) atoms. The molecule has 1 unspecified atom stereocenters. The minimum Gasteiger partial charge on any atom is -0.383 e. The maximum absolute atomic E-state index is 13.6. The number of halogens is 1. The van der Waals surface area contributed by atoms with Gasteiger partial charge in [-0.3, -0.25) is 14.3 Å². The second-order valence-electron chi connectivity index (χ2n) is 8.02. The first-order valence-electron chi connectivity index (χ1n) is 10.9.